The van der Waals surface area contributed by atoms with Crippen LogP contribution in [0, 0.1) is 11.8 Å². The lowest BCUT2D eigenvalue weighted by atomic mass is 9.90. The highest BCUT2D eigenvalue weighted by atomic mass is 16.2. The quantitative estimate of drug-likeness (QED) is 0.947. The van der Waals surface area contributed by atoms with Crippen LogP contribution in [0.15, 0.2) is 24.5 Å². The Morgan fingerprint density at radius 3 is 2.78 bits per heavy atom. The molecule has 122 valence electrons. The number of hydrogen-bond acceptors (Lipinski definition) is 3. The Balaban J connectivity index is 1.50. The molecule has 5 heteroatoms. The molecule has 2 aromatic rings. The molecule has 2 aromatic heterocycles. The maximum absolute atomic E-state index is 12.8. The minimum absolute atomic E-state index is 0.0727. The van der Waals surface area contributed by atoms with Gasteiger partial charge in [-0.1, -0.05) is 31.7 Å². The van der Waals surface area contributed by atoms with Crippen molar-refractivity contribution in [2.45, 2.75) is 38.6 Å². The summed E-state index contributed by atoms with van der Waals surface area (Å²) < 4.78 is 1.90. The molecule has 1 saturated carbocycles. The van der Waals surface area contributed by atoms with Crippen LogP contribution in [0.1, 0.15) is 48.2 Å². The summed E-state index contributed by atoms with van der Waals surface area (Å²) in [6.07, 6.45) is 10.4. The van der Waals surface area contributed by atoms with Crippen molar-refractivity contribution in [2.75, 3.05) is 13.1 Å². The number of fused-ring (bicyclic) bond motifs is 1. The van der Waals surface area contributed by atoms with Gasteiger partial charge in [0.15, 0.2) is 0 Å². The largest absolute Gasteiger partial charge is 0.337 e. The Kier molecular flexibility index (Phi) is 3.81. The highest BCUT2D eigenvalue weighted by molar-refractivity contribution is 5.93. The minimum atomic E-state index is 0.0727. The van der Waals surface area contributed by atoms with Crippen LogP contribution in [0.4, 0.5) is 0 Å². The van der Waals surface area contributed by atoms with Crippen molar-refractivity contribution in [3.8, 4) is 0 Å². The fourth-order valence-electron chi connectivity index (χ4n) is 4.21. The number of aromatic nitrogens is 2. The van der Waals surface area contributed by atoms with Gasteiger partial charge in [0.05, 0.1) is 0 Å². The Bertz CT molecular complexity index is 717. The molecule has 1 atom stereocenters. The van der Waals surface area contributed by atoms with Gasteiger partial charge in [-0.05, 0) is 29.9 Å². The van der Waals surface area contributed by atoms with Crippen molar-refractivity contribution in [2.24, 2.45) is 17.6 Å². The van der Waals surface area contributed by atoms with Gasteiger partial charge in [0.2, 0.25) is 0 Å². The summed E-state index contributed by atoms with van der Waals surface area (Å²) in [6.45, 7) is 2.28. The summed E-state index contributed by atoms with van der Waals surface area (Å²) in [7, 11) is 0. The van der Waals surface area contributed by atoms with Crippen LogP contribution in [0.2, 0.25) is 0 Å². The summed E-state index contributed by atoms with van der Waals surface area (Å²) in [5.74, 6) is 1.60. The van der Waals surface area contributed by atoms with E-state index >= 15 is 0 Å². The number of carbonyl (C=O) groups excluding carboxylic acids is 1. The number of imidazole rings is 1. The Morgan fingerprint density at radius 2 is 2.00 bits per heavy atom. The number of nitrogens with zero attached hydrogens (tertiary/aromatic N) is 3. The fraction of sp³-hybridized carbons (Fsp3) is 0.556. The first-order valence-electron chi connectivity index (χ1n) is 8.71. The molecular weight excluding hydrogens is 288 g/mol. The zero-order valence-corrected chi connectivity index (χ0v) is 13.4. The van der Waals surface area contributed by atoms with E-state index < -0.39 is 0 Å². The van der Waals surface area contributed by atoms with Gasteiger partial charge >= 0.3 is 0 Å². The van der Waals surface area contributed by atoms with Gasteiger partial charge in [0.25, 0.3) is 5.91 Å². The van der Waals surface area contributed by atoms with Gasteiger partial charge in [-0.3, -0.25) is 4.79 Å². The van der Waals surface area contributed by atoms with Gasteiger partial charge in [-0.15, -0.1) is 0 Å². The van der Waals surface area contributed by atoms with Crippen LogP contribution in [0.3, 0.4) is 0 Å². The van der Waals surface area contributed by atoms with Crippen molar-refractivity contribution in [3.63, 3.8) is 0 Å². The van der Waals surface area contributed by atoms with Crippen LogP contribution >= 0.6 is 0 Å². The molecule has 0 bridgehead atoms. The van der Waals surface area contributed by atoms with E-state index in [2.05, 4.69) is 4.98 Å². The second kappa shape index (κ2) is 5.96. The molecule has 2 fully saturated rings. The van der Waals surface area contributed by atoms with E-state index in [4.69, 9.17) is 5.73 Å². The van der Waals surface area contributed by atoms with Gasteiger partial charge in [-0.2, -0.15) is 0 Å². The third kappa shape index (κ3) is 2.74. The SMILES string of the molecule is NCc1ccc2nc(C(=O)N3CCC(C4CCCC4)C3)cn2c1. The lowest BCUT2D eigenvalue weighted by Crippen LogP contribution is -2.29. The molecule has 2 aliphatic rings. The topological polar surface area (TPSA) is 63.6 Å². The highest BCUT2D eigenvalue weighted by Gasteiger charge is 2.34. The summed E-state index contributed by atoms with van der Waals surface area (Å²) in [5, 5.41) is 0. The molecule has 1 unspecified atom stereocenters. The molecule has 0 radical (unpaired) electrons. The number of likely N-dealkylation sites (tertiary alicyclic amines) is 1. The number of carbonyl (C=O) groups is 1. The Hall–Kier alpha value is -1.88. The first-order valence-corrected chi connectivity index (χ1v) is 8.71. The Labute approximate surface area is 136 Å². The molecular formula is C18H24N4O. The van der Waals surface area contributed by atoms with Crippen molar-refractivity contribution in [3.05, 3.63) is 35.8 Å². The van der Waals surface area contributed by atoms with Crippen LogP contribution in [0.25, 0.3) is 5.65 Å². The van der Waals surface area contributed by atoms with Crippen LogP contribution in [0.5, 0.6) is 0 Å². The molecule has 1 saturated heterocycles. The number of rotatable bonds is 3. The zero-order chi connectivity index (χ0) is 15.8. The van der Waals surface area contributed by atoms with E-state index in [0.717, 1.165) is 36.6 Å². The van der Waals surface area contributed by atoms with Crippen molar-refractivity contribution in [1.82, 2.24) is 14.3 Å². The number of pyridine rings is 1. The fourth-order valence-corrected chi connectivity index (χ4v) is 4.21. The van der Waals surface area contributed by atoms with Crippen LogP contribution < -0.4 is 5.73 Å². The lowest BCUT2D eigenvalue weighted by Gasteiger charge is -2.19. The normalized spacial score (nSPS) is 22.3. The van der Waals surface area contributed by atoms with E-state index in [-0.39, 0.29) is 5.91 Å². The summed E-state index contributed by atoms with van der Waals surface area (Å²) in [6, 6.07) is 3.88. The van der Waals surface area contributed by atoms with Crippen LogP contribution in [-0.2, 0) is 6.54 Å². The van der Waals surface area contributed by atoms with Crippen LogP contribution in [-0.4, -0.2) is 33.3 Å². The van der Waals surface area contributed by atoms with Gasteiger partial charge in [-0.25, -0.2) is 4.98 Å². The first kappa shape index (κ1) is 14.7. The summed E-state index contributed by atoms with van der Waals surface area (Å²) in [4.78, 5) is 19.2. The van der Waals surface area contributed by atoms with Crippen molar-refractivity contribution in [1.29, 1.82) is 0 Å². The highest BCUT2D eigenvalue weighted by Crippen LogP contribution is 2.36. The molecule has 1 aliphatic carbocycles. The van der Waals surface area contributed by atoms with E-state index in [9.17, 15) is 4.79 Å². The molecule has 2 N–H and O–H groups in total. The van der Waals surface area contributed by atoms with Crippen molar-refractivity contribution < 1.29 is 4.79 Å². The number of amides is 1. The molecule has 1 amide bonds. The third-order valence-corrected chi connectivity index (χ3v) is 5.55. The molecule has 1 aliphatic heterocycles. The van der Waals surface area contributed by atoms with Gasteiger partial charge in [0, 0.05) is 32.0 Å². The molecule has 23 heavy (non-hydrogen) atoms. The average molecular weight is 312 g/mol. The second-order valence-electron chi connectivity index (χ2n) is 6.98. The molecule has 0 aromatic carbocycles. The summed E-state index contributed by atoms with van der Waals surface area (Å²) in [5.41, 5.74) is 8.06. The van der Waals surface area contributed by atoms with Gasteiger partial charge < -0.3 is 15.0 Å². The standard InChI is InChI=1S/C18H24N4O/c19-9-13-5-6-17-20-16(12-22(17)10-13)18(23)21-8-7-15(11-21)14-3-1-2-4-14/h5-6,10,12,14-15H,1-4,7-9,11,19H2. The van der Waals surface area contributed by atoms with Gasteiger partial charge in [0.1, 0.15) is 11.3 Å². The molecule has 3 heterocycles. The van der Waals surface area contributed by atoms with E-state index in [0.29, 0.717) is 18.2 Å². The minimum Gasteiger partial charge on any atom is -0.337 e. The molecule has 5 nitrogen and oxygen atoms in total. The molecule has 0 spiro atoms. The predicted octanol–water partition coefficient (Wildman–Crippen LogP) is 2.45. The lowest BCUT2D eigenvalue weighted by molar-refractivity contribution is 0.0777. The maximum atomic E-state index is 12.8. The predicted molar refractivity (Wildman–Crippen MR) is 89.1 cm³/mol. The smallest absolute Gasteiger partial charge is 0.274 e. The monoisotopic (exact) mass is 312 g/mol. The molecule has 4 rings (SSSR count). The average Bonchev–Trinajstić information content (AvgIpc) is 3.31. The number of hydrogen-bond donors (Lipinski definition) is 1. The van der Waals surface area contributed by atoms with E-state index in [1.807, 2.05) is 33.8 Å². The first-order chi connectivity index (χ1) is 11.2. The third-order valence-electron chi connectivity index (χ3n) is 5.55. The number of nitrogens with two attached hydrogens (primary N) is 1. The zero-order valence-electron chi connectivity index (χ0n) is 13.4. The Morgan fingerprint density at radius 1 is 1.17 bits per heavy atom. The van der Waals surface area contributed by atoms with E-state index in [1.54, 1.807) is 0 Å². The van der Waals surface area contributed by atoms with Crippen molar-refractivity contribution >= 4 is 11.6 Å². The van der Waals surface area contributed by atoms with E-state index in [1.165, 1.54) is 25.7 Å². The second-order valence-corrected chi connectivity index (χ2v) is 6.98. The summed E-state index contributed by atoms with van der Waals surface area (Å²) >= 11 is 0. The maximum Gasteiger partial charge on any atom is 0.274 e.